The molecular formula is C25H26N2O5S2. The molecular weight excluding hydrogens is 472 g/mol. The molecule has 0 atom stereocenters. The number of thiazole rings is 1. The molecule has 1 aromatic heterocycles. The van der Waals surface area contributed by atoms with Crippen molar-refractivity contribution in [3.63, 3.8) is 0 Å². The monoisotopic (exact) mass is 498 g/mol. The number of carboxylic acid groups (broad SMARTS) is 1. The van der Waals surface area contributed by atoms with Gasteiger partial charge in [-0.3, -0.25) is 4.31 Å². The van der Waals surface area contributed by atoms with Crippen molar-refractivity contribution in [2.75, 3.05) is 11.4 Å². The quantitative estimate of drug-likeness (QED) is 0.450. The molecule has 9 heteroatoms. The molecule has 0 spiro atoms. The number of ether oxygens (including phenoxy) is 1. The van der Waals surface area contributed by atoms with Gasteiger partial charge in [-0.15, -0.1) is 11.3 Å². The minimum Gasteiger partial charge on any atom is -0.487 e. The molecule has 178 valence electrons. The van der Waals surface area contributed by atoms with E-state index in [1.807, 2.05) is 37.3 Å². The highest BCUT2D eigenvalue weighted by molar-refractivity contribution is 7.94. The van der Waals surface area contributed by atoms with Gasteiger partial charge in [0.2, 0.25) is 4.34 Å². The SMILES string of the molecule is Cc1csc(S(=O)(=O)N(C)c2cc3c(cc2OCc2ccc(C=CC(=O)O)cc2C)CCC3)n1. The minimum atomic E-state index is -3.82. The number of sulfonamides is 1. The molecule has 0 saturated carbocycles. The lowest BCUT2D eigenvalue weighted by Crippen LogP contribution is -2.27. The van der Waals surface area contributed by atoms with Crippen molar-refractivity contribution in [3.05, 3.63) is 75.3 Å². The van der Waals surface area contributed by atoms with Gasteiger partial charge < -0.3 is 9.84 Å². The molecule has 0 amide bonds. The molecule has 1 N–H and O–H groups in total. The number of fused-ring (bicyclic) bond motifs is 1. The molecule has 0 aliphatic heterocycles. The van der Waals surface area contributed by atoms with Crippen molar-refractivity contribution in [1.29, 1.82) is 0 Å². The third-order valence-electron chi connectivity index (χ3n) is 5.86. The summed E-state index contributed by atoms with van der Waals surface area (Å²) in [5.74, 6) is -0.490. The molecule has 1 heterocycles. The van der Waals surface area contributed by atoms with Crippen LogP contribution in [0.5, 0.6) is 5.75 Å². The normalized spacial score (nSPS) is 13.3. The first-order valence-electron chi connectivity index (χ1n) is 10.9. The van der Waals surface area contributed by atoms with Crippen LogP contribution in [0.1, 0.15) is 39.9 Å². The van der Waals surface area contributed by atoms with E-state index in [4.69, 9.17) is 9.84 Å². The fraction of sp³-hybridized carbons (Fsp3) is 0.280. The Morgan fingerprint density at radius 1 is 1.21 bits per heavy atom. The van der Waals surface area contributed by atoms with Crippen LogP contribution in [0.2, 0.25) is 0 Å². The molecule has 1 aliphatic carbocycles. The summed E-state index contributed by atoms with van der Waals surface area (Å²) in [6.45, 7) is 3.96. The Bertz CT molecular complexity index is 1380. The van der Waals surface area contributed by atoms with E-state index in [0.717, 1.165) is 58.9 Å². The van der Waals surface area contributed by atoms with Crippen LogP contribution in [0, 0.1) is 13.8 Å². The van der Waals surface area contributed by atoms with Gasteiger partial charge in [0.25, 0.3) is 10.0 Å². The lowest BCUT2D eigenvalue weighted by Gasteiger charge is -2.23. The molecule has 1 aliphatic rings. The summed E-state index contributed by atoms with van der Waals surface area (Å²) in [4.78, 5) is 14.9. The van der Waals surface area contributed by atoms with Crippen molar-refractivity contribution in [1.82, 2.24) is 4.98 Å². The van der Waals surface area contributed by atoms with Gasteiger partial charge in [0.15, 0.2) is 0 Å². The molecule has 0 bridgehead atoms. The summed E-state index contributed by atoms with van der Waals surface area (Å²) in [5.41, 5.74) is 6.15. The number of aryl methyl sites for hydroxylation is 4. The average Bonchev–Trinajstić information content (AvgIpc) is 3.44. The maximum absolute atomic E-state index is 13.2. The Hall–Kier alpha value is -3.17. The largest absolute Gasteiger partial charge is 0.487 e. The number of rotatable bonds is 8. The third kappa shape index (κ3) is 5.00. The van der Waals surface area contributed by atoms with Crippen LogP contribution in [0.15, 0.2) is 46.1 Å². The Balaban J connectivity index is 1.63. The van der Waals surface area contributed by atoms with Crippen molar-refractivity contribution in [3.8, 4) is 5.75 Å². The molecule has 4 rings (SSSR count). The Morgan fingerprint density at radius 2 is 1.94 bits per heavy atom. The predicted molar refractivity (Wildman–Crippen MR) is 133 cm³/mol. The number of carboxylic acids is 1. The first-order valence-corrected chi connectivity index (χ1v) is 13.2. The molecule has 0 radical (unpaired) electrons. The highest BCUT2D eigenvalue weighted by Gasteiger charge is 2.28. The number of aliphatic carboxylic acids is 1. The van der Waals surface area contributed by atoms with Crippen LogP contribution in [0.3, 0.4) is 0 Å². The Labute approximate surface area is 203 Å². The number of carbonyl (C=O) groups is 1. The molecule has 0 saturated heterocycles. The van der Waals surface area contributed by atoms with Gasteiger partial charge in [-0.1, -0.05) is 18.2 Å². The van der Waals surface area contributed by atoms with E-state index in [0.29, 0.717) is 17.1 Å². The van der Waals surface area contributed by atoms with Crippen LogP contribution < -0.4 is 9.04 Å². The lowest BCUT2D eigenvalue weighted by molar-refractivity contribution is -0.131. The highest BCUT2D eigenvalue weighted by atomic mass is 32.2. The van der Waals surface area contributed by atoms with Gasteiger partial charge in [0, 0.05) is 24.2 Å². The second kappa shape index (κ2) is 9.60. The number of hydrogen-bond acceptors (Lipinski definition) is 6. The minimum absolute atomic E-state index is 0.0554. The van der Waals surface area contributed by atoms with E-state index in [2.05, 4.69) is 4.98 Å². The van der Waals surface area contributed by atoms with Crippen LogP contribution in [0.4, 0.5) is 5.69 Å². The van der Waals surface area contributed by atoms with E-state index < -0.39 is 16.0 Å². The van der Waals surface area contributed by atoms with Crippen molar-refractivity contribution >= 4 is 39.1 Å². The van der Waals surface area contributed by atoms with Gasteiger partial charge in [0.05, 0.1) is 5.69 Å². The van der Waals surface area contributed by atoms with Gasteiger partial charge in [-0.25, -0.2) is 9.78 Å². The van der Waals surface area contributed by atoms with Crippen molar-refractivity contribution < 1.29 is 23.1 Å². The summed E-state index contributed by atoms with van der Waals surface area (Å²) in [6, 6.07) is 9.49. The van der Waals surface area contributed by atoms with Crippen LogP contribution >= 0.6 is 11.3 Å². The smallest absolute Gasteiger partial charge is 0.328 e. The number of nitrogens with zero attached hydrogens (tertiary/aromatic N) is 2. The molecule has 0 fully saturated rings. The molecule has 34 heavy (non-hydrogen) atoms. The van der Waals surface area contributed by atoms with Gasteiger partial charge >= 0.3 is 5.97 Å². The Kier molecular flexibility index (Phi) is 6.77. The summed E-state index contributed by atoms with van der Waals surface area (Å²) in [6.07, 6.45) is 5.53. The maximum Gasteiger partial charge on any atom is 0.328 e. The van der Waals surface area contributed by atoms with Crippen LogP contribution in [-0.2, 0) is 34.3 Å². The van der Waals surface area contributed by atoms with Crippen LogP contribution in [-0.4, -0.2) is 31.5 Å². The van der Waals surface area contributed by atoms with E-state index in [9.17, 15) is 13.2 Å². The van der Waals surface area contributed by atoms with Gasteiger partial charge in [-0.2, -0.15) is 8.42 Å². The maximum atomic E-state index is 13.2. The van der Waals surface area contributed by atoms with Gasteiger partial charge in [0.1, 0.15) is 12.4 Å². The number of hydrogen-bond donors (Lipinski definition) is 1. The number of benzene rings is 2. The fourth-order valence-corrected chi connectivity index (χ4v) is 6.34. The second-order valence-electron chi connectivity index (χ2n) is 8.32. The Morgan fingerprint density at radius 3 is 2.59 bits per heavy atom. The highest BCUT2D eigenvalue weighted by Crippen LogP contribution is 2.38. The zero-order chi connectivity index (χ0) is 24.5. The van der Waals surface area contributed by atoms with Crippen molar-refractivity contribution in [2.45, 2.75) is 44.1 Å². The standard InChI is InChI=1S/C25H26N2O5S2/c1-16-11-18(8-10-24(28)29)7-9-21(16)14-32-23-13-20-6-4-5-19(20)12-22(23)27(3)34(30,31)25-26-17(2)15-33-25/h7-13,15H,4-6,14H2,1-3H3,(H,28,29). The van der Waals surface area contributed by atoms with E-state index in [1.165, 1.54) is 16.9 Å². The molecule has 2 aromatic carbocycles. The van der Waals surface area contributed by atoms with Gasteiger partial charge in [-0.05, 0) is 79.1 Å². The average molecular weight is 499 g/mol. The molecule has 0 unspecified atom stereocenters. The van der Waals surface area contributed by atoms with E-state index in [1.54, 1.807) is 18.4 Å². The topological polar surface area (TPSA) is 96.8 Å². The zero-order valence-electron chi connectivity index (χ0n) is 19.2. The fourth-order valence-electron chi connectivity index (χ4n) is 3.96. The zero-order valence-corrected chi connectivity index (χ0v) is 20.9. The summed E-state index contributed by atoms with van der Waals surface area (Å²) in [7, 11) is -2.28. The second-order valence-corrected chi connectivity index (χ2v) is 11.3. The summed E-state index contributed by atoms with van der Waals surface area (Å²) < 4.78 is 34.0. The number of aromatic nitrogens is 1. The molecule has 7 nitrogen and oxygen atoms in total. The van der Waals surface area contributed by atoms with Crippen molar-refractivity contribution in [2.24, 2.45) is 0 Å². The third-order valence-corrected chi connectivity index (χ3v) is 8.98. The lowest BCUT2D eigenvalue weighted by atomic mass is 10.1. The first kappa shape index (κ1) is 24.0. The summed E-state index contributed by atoms with van der Waals surface area (Å²) >= 11 is 1.11. The summed E-state index contributed by atoms with van der Waals surface area (Å²) in [5, 5.41) is 10.5. The predicted octanol–water partition coefficient (Wildman–Crippen LogP) is 4.75. The number of anilines is 1. The molecule has 3 aromatic rings. The van der Waals surface area contributed by atoms with E-state index >= 15 is 0 Å². The van der Waals surface area contributed by atoms with Crippen LogP contribution in [0.25, 0.3) is 6.08 Å². The van der Waals surface area contributed by atoms with E-state index in [-0.39, 0.29) is 10.9 Å². The first-order chi connectivity index (χ1) is 16.1.